The number of aromatic nitrogens is 2. The fourth-order valence-corrected chi connectivity index (χ4v) is 5.41. The number of nitrogens with one attached hydrogen (secondary N) is 1. The van der Waals surface area contributed by atoms with Crippen LogP contribution in [-0.4, -0.2) is 19.8 Å². The number of halogens is 2. The molecule has 3 heterocycles. The number of nitrogens with zero attached hydrogens (tertiary/aromatic N) is 3. The molecule has 0 aliphatic carbocycles. The number of benzene rings is 2. The molecule has 2 aromatic heterocycles. The quantitative estimate of drug-likeness (QED) is 0.301. The van der Waals surface area contributed by atoms with Crippen LogP contribution in [0.5, 0.6) is 5.75 Å². The summed E-state index contributed by atoms with van der Waals surface area (Å²) in [6.45, 7) is 4.13. The van der Waals surface area contributed by atoms with E-state index in [1.165, 1.54) is 0 Å². The Kier molecular flexibility index (Phi) is 5.98. The first kappa shape index (κ1) is 22.7. The van der Waals surface area contributed by atoms with E-state index in [9.17, 15) is 5.11 Å². The van der Waals surface area contributed by atoms with Crippen LogP contribution in [0.15, 0.2) is 72.9 Å². The minimum atomic E-state index is -0.176. The van der Waals surface area contributed by atoms with Gasteiger partial charge >= 0.3 is 0 Å². The van der Waals surface area contributed by atoms with Gasteiger partial charge in [-0.3, -0.25) is 4.98 Å². The molecule has 1 saturated heterocycles. The second-order valence-electron chi connectivity index (χ2n) is 8.25. The number of phenols is 1. The van der Waals surface area contributed by atoms with Crippen LogP contribution in [-0.2, 0) is 0 Å². The molecule has 5 rings (SSSR count). The van der Waals surface area contributed by atoms with Crippen molar-refractivity contribution in [3.05, 3.63) is 106 Å². The minimum absolute atomic E-state index is 0.175. The second kappa shape index (κ2) is 8.95. The van der Waals surface area contributed by atoms with Gasteiger partial charge in [0.25, 0.3) is 0 Å². The van der Waals surface area contributed by atoms with Gasteiger partial charge in [0.2, 0.25) is 0 Å². The maximum absolute atomic E-state index is 9.83. The molecule has 4 aromatic rings. The Morgan fingerprint density at radius 2 is 1.76 bits per heavy atom. The summed E-state index contributed by atoms with van der Waals surface area (Å²) >= 11 is 18.7. The van der Waals surface area contributed by atoms with E-state index in [0.29, 0.717) is 15.2 Å². The monoisotopic (exact) mass is 508 g/mol. The summed E-state index contributed by atoms with van der Waals surface area (Å²) in [5.41, 5.74) is 5.74. The van der Waals surface area contributed by atoms with Crippen LogP contribution in [0.25, 0.3) is 5.69 Å². The van der Waals surface area contributed by atoms with Gasteiger partial charge in [-0.05, 0) is 86.2 Å². The van der Waals surface area contributed by atoms with Gasteiger partial charge in [-0.25, -0.2) is 0 Å². The zero-order chi connectivity index (χ0) is 24.0. The summed E-state index contributed by atoms with van der Waals surface area (Å²) in [4.78, 5) is 6.70. The van der Waals surface area contributed by atoms with Crippen molar-refractivity contribution in [2.24, 2.45) is 0 Å². The first-order chi connectivity index (χ1) is 16.4. The Morgan fingerprint density at radius 3 is 2.47 bits per heavy atom. The lowest BCUT2D eigenvalue weighted by Gasteiger charge is -2.28. The Morgan fingerprint density at radius 1 is 1.00 bits per heavy atom. The number of aryl methyl sites for hydroxylation is 1. The predicted molar refractivity (Wildman–Crippen MR) is 141 cm³/mol. The molecule has 2 N–H and O–H groups in total. The Labute approximate surface area is 213 Å². The van der Waals surface area contributed by atoms with Crippen LogP contribution in [0.1, 0.15) is 34.7 Å². The SMILES string of the molecule is Cc1cc(C2C(c3ccccn3)NC(=S)N2c2ccc(O)cc2)c(C)n1-c1cccc(Cl)c1Cl. The molecule has 0 spiro atoms. The smallest absolute Gasteiger partial charge is 0.174 e. The molecule has 8 heteroatoms. The summed E-state index contributed by atoms with van der Waals surface area (Å²) in [5.74, 6) is 0.202. The molecule has 2 unspecified atom stereocenters. The van der Waals surface area contributed by atoms with Gasteiger partial charge in [0.05, 0.1) is 33.5 Å². The predicted octanol–water partition coefficient (Wildman–Crippen LogP) is 6.68. The third-order valence-electron chi connectivity index (χ3n) is 6.19. The molecule has 1 fully saturated rings. The van der Waals surface area contributed by atoms with Crippen LogP contribution in [0.3, 0.4) is 0 Å². The number of pyridine rings is 1. The fraction of sp³-hybridized carbons (Fsp3) is 0.154. The molecule has 2 atom stereocenters. The highest BCUT2D eigenvalue weighted by molar-refractivity contribution is 7.80. The van der Waals surface area contributed by atoms with Crippen LogP contribution in [0.2, 0.25) is 10.0 Å². The average molecular weight is 509 g/mol. The molecular weight excluding hydrogens is 487 g/mol. The maximum Gasteiger partial charge on any atom is 0.174 e. The van der Waals surface area contributed by atoms with Gasteiger partial charge in [-0.1, -0.05) is 35.3 Å². The van der Waals surface area contributed by atoms with E-state index < -0.39 is 0 Å². The molecule has 0 radical (unpaired) electrons. The van der Waals surface area contributed by atoms with Gasteiger partial charge < -0.3 is 19.9 Å². The molecular formula is C26H22Cl2N4OS. The lowest BCUT2D eigenvalue weighted by atomic mass is 9.96. The molecule has 0 amide bonds. The Hall–Kier alpha value is -3.06. The number of rotatable bonds is 4. The minimum Gasteiger partial charge on any atom is -0.508 e. The van der Waals surface area contributed by atoms with Crippen molar-refractivity contribution in [3.63, 3.8) is 0 Å². The first-order valence-corrected chi connectivity index (χ1v) is 12.0. The summed E-state index contributed by atoms with van der Waals surface area (Å²) in [6, 6.07) is 20.4. The van der Waals surface area contributed by atoms with Crippen LogP contribution in [0, 0.1) is 13.8 Å². The van der Waals surface area contributed by atoms with E-state index in [0.717, 1.165) is 34.0 Å². The topological polar surface area (TPSA) is 53.3 Å². The largest absolute Gasteiger partial charge is 0.508 e. The highest BCUT2D eigenvalue weighted by atomic mass is 35.5. The Balaban J connectivity index is 1.70. The molecule has 0 bridgehead atoms. The number of thiocarbonyl (C=S) groups is 1. The third-order valence-corrected chi connectivity index (χ3v) is 7.31. The molecule has 1 aliphatic rings. The number of hydrogen-bond donors (Lipinski definition) is 2. The molecule has 0 saturated carbocycles. The van der Waals surface area contributed by atoms with E-state index in [1.54, 1.807) is 24.4 Å². The zero-order valence-corrected chi connectivity index (χ0v) is 20.9. The molecule has 172 valence electrons. The van der Waals surface area contributed by atoms with Crippen molar-refractivity contribution in [2.45, 2.75) is 25.9 Å². The number of anilines is 1. The van der Waals surface area contributed by atoms with E-state index in [2.05, 4.69) is 39.7 Å². The lowest BCUT2D eigenvalue weighted by molar-refractivity contribution is 0.475. The summed E-state index contributed by atoms with van der Waals surface area (Å²) < 4.78 is 2.12. The van der Waals surface area contributed by atoms with Crippen molar-refractivity contribution in [1.29, 1.82) is 0 Å². The summed E-state index contributed by atoms with van der Waals surface area (Å²) in [7, 11) is 0. The highest BCUT2D eigenvalue weighted by Crippen LogP contribution is 2.44. The fourth-order valence-electron chi connectivity index (χ4n) is 4.69. The van der Waals surface area contributed by atoms with Gasteiger partial charge in [0, 0.05) is 23.3 Å². The maximum atomic E-state index is 9.83. The van der Waals surface area contributed by atoms with Crippen molar-refractivity contribution in [1.82, 2.24) is 14.9 Å². The van der Waals surface area contributed by atoms with E-state index >= 15 is 0 Å². The van der Waals surface area contributed by atoms with Crippen molar-refractivity contribution < 1.29 is 5.11 Å². The average Bonchev–Trinajstić information content (AvgIpc) is 3.32. The van der Waals surface area contributed by atoms with Crippen LogP contribution >= 0.6 is 35.4 Å². The molecule has 1 aliphatic heterocycles. The molecule has 34 heavy (non-hydrogen) atoms. The number of hydrogen-bond acceptors (Lipinski definition) is 3. The second-order valence-corrected chi connectivity index (χ2v) is 9.42. The molecule has 2 aromatic carbocycles. The van der Waals surface area contributed by atoms with Crippen molar-refractivity contribution in [2.75, 3.05) is 4.90 Å². The van der Waals surface area contributed by atoms with E-state index in [4.69, 9.17) is 35.4 Å². The standard InChI is InChI=1S/C26H22Cl2N4OS/c1-15-14-19(16(2)31(15)22-8-5-6-20(27)23(22)28)25-24(21-7-3-4-13-29-21)30-26(34)32(25)17-9-11-18(33)12-10-17/h3-14,24-25,33H,1-2H3,(H,30,34). The highest BCUT2D eigenvalue weighted by Gasteiger charge is 2.42. The lowest BCUT2D eigenvalue weighted by Crippen LogP contribution is -2.29. The summed E-state index contributed by atoms with van der Waals surface area (Å²) in [6.07, 6.45) is 1.79. The van der Waals surface area contributed by atoms with Crippen LogP contribution < -0.4 is 10.2 Å². The Bertz CT molecular complexity index is 1370. The van der Waals surface area contributed by atoms with E-state index in [-0.39, 0.29) is 17.8 Å². The van der Waals surface area contributed by atoms with E-state index in [1.807, 2.05) is 42.5 Å². The summed E-state index contributed by atoms with van der Waals surface area (Å²) in [5, 5.41) is 14.9. The van der Waals surface area contributed by atoms with Crippen LogP contribution in [0.4, 0.5) is 5.69 Å². The van der Waals surface area contributed by atoms with Gasteiger partial charge in [0.15, 0.2) is 5.11 Å². The van der Waals surface area contributed by atoms with Crippen molar-refractivity contribution in [3.8, 4) is 11.4 Å². The number of aromatic hydroxyl groups is 1. The van der Waals surface area contributed by atoms with Gasteiger partial charge in [-0.2, -0.15) is 0 Å². The van der Waals surface area contributed by atoms with Gasteiger partial charge in [-0.15, -0.1) is 0 Å². The normalized spacial score (nSPS) is 17.8. The third kappa shape index (κ3) is 3.82. The molecule has 5 nitrogen and oxygen atoms in total. The van der Waals surface area contributed by atoms with Gasteiger partial charge in [0.1, 0.15) is 5.75 Å². The zero-order valence-electron chi connectivity index (χ0n) is 18.5. The van der Waals surface area contributed by atoms with Crippen molar-refractivity contribution >= 4 is 46.2 Å². The first-order valence-electron chi connectivity index (χ1n) is 10.8. The number of phenolic OH excluding ortho intramolecular Hbond substituents is 1.